The van der Waals surface area contributed by atoms with Crippen LogP contribution in [0.15, 0.2) is 17.3 Å². The van der Waals surface area contributed by atoms with E-state index in [-0.39, 0.29) is 36.6 Å². The Labute approximate surface area is 102 Å². The summed E-state index contributed by atoms with van der Waals surface area (Å²) < 4.78 is 49.3. The van der Waals surface area contributed by atoms with E-state index in [1.807, 2.05) is 0 Å². The SMILES string of the molecule is O=S(=O)(Cl)c1cnn(C2CCC(F)(F)CC2)c1. The fourth-order valence-electron chi connectivity index (χ4n) is 1.94. The van der Waals surface area contributed by atoms with E-state index in [1.165, 1.54) is 10.9 Å². The number of aromatic nitrogens is 2. The lowest BCUT2D eigenvalue weighted by atomic mass is 9.92. The number of hydrogen-bond acceptors (Lipinski definition) is 3. The molecular formula is C9H11ClF2N2O2S. The highest BCUT2D eigenvalue weighted by Gasteiger charge is 2.35. The minimum Gasteiger partial charge on any atom is -0.268 e. The van der Waals surface area contributed by atoms with Crippen LogP contribution in [0.2, 0.25) is 0 Å². The Bertz CT molecular complexity index is 505. The smallest absolute Gasteiger partial charge is 0.264 e. The molecule has 0 amide bonds. The molecule has 0 bridgehead atoms. The van der Waals surface area contributed by atoms with Crippen molar-refractivity contribution in [2.45, 2.75) is 42.5 Å². The van der Waals surface area contributed by atoms with Crippen molar-refractivity contribution in [3.05, 3.63) is 12.4 Å². The third-order valence-corrected chi connectivity index (χ3v) is 4.23. The van der Waals surface area contributed by atoms with Crippen LogP contribution in [0.4, 0.5) is 8.78 Å². The fourth-order valence-corrected chi connectivity index (χ4v) is 2.58. The van der Waals surface area contributed by atoms with E-state index in [2.05, 4.69) is 5.10 Å². The number of rotatable bonds is 2. The van der Waals surface area contributed by atoms with E-state index < -0.39 is 15.0 Å². The van der Waals surface area contributed by atoms with Gasteiger partial charge in [0.2, 0.25) is 5.92 Å². The van der Waals surface area contributed by atoms with E-state index in [0.29, 0.717) is 0 Å². The van der Waals surface area contributed by atoms with Crippen molar-refractivity contribution in [2.24, 2.45) is 0 Å². The van der Waals surface area contributed by atoms with Crippen molar-refractivity contribution in [1.82, 2.24) is 9.78 Å². The second-order valence-electron chi connectivity index (χ2n) is 4.18. The maximum absolute atomic E-state index is 12.9. The van der Waals surface area contributed by atoms with Crippen molar-refractivity contribution >= 4 is 19.7 Å². The summed E-state index contributed by atoms with van der Waals surface area (Å²) >= 11 is 0. The first-order valence-corrected chi connectivity index (χ1v) is 7.45. The predicted molar refractivity (Wildman–Crippen MR) is 57.7 cm³/mol. The molecule has 0 saturated heterocycles. The van der Waals surface area contributed by atoms with Crippen molar-refractivity contribution in [2.75, 3.05) is 0 Å². The molecule has 1 aromatic heterocycles. The average molecular weight is 285 g/mol. The molecule has 0 radical (unpaired) electrons. The maximum Gasteiger partial charge on any atom is 0.264 e. The van der Waals surface area contributed by atoms with Crippen LogP contribution in [-0.2, 0) is 9.05 Å². The van der Waals surface area contributed by atoms with E-state index in [1.54, 1.807) is 0 Å². The fraction of sp³-hybridized carbons (Fsp3) is 0.667. The minimum absolute atomic E-state index is 0.100. The van der Waals surface area contributed by atoms with E-state index in [4.69, 9.17) is 10.7 Å². The molecule has 1 aromatic rings. The lowest BCUT2D eigenvalue weighted by molar-refractivity contribution is -0.0450. The summed E-state index contributed by atoms with van der Waals surface area (Å²) in [4.78, 5) is -0.100. The van der Waals surface area contributed by atoms with Gasteiger partial charge in [0, 0.05) is 29.7 Å². The molecular weight excluding hydrogens is 274 g/mol. The van der Waals surface area contributed by atoms with Gasteiger partial charge in [-0.15, -0.1) is 0 Å². The second kappa shape index (κ2) is 4.20. The van der Waals surface area contributed by atoms with Crippen LogP contribution >= 0.6 is 10.7 Å². The molecule has 0 N–H and O–H groups in total. The van der Waals surface area contributed by atoms with Gasteiger partial charge in [0.05, 0.1) is 12.2 Å². The second-order valence-corrected chi connectivity index (χ2v) is 6.75. The third-order valence-electron chi connectivity index (χ3n) is 2.92. The minimum atomic E-state index is -3.80. The van der Waals surface area contributed by atoms with Crippen LogP contribution in [0.5, 0.6) is 0 Å². The molecule has 0 atom stereocenters. The maximum atomic E-state index is 12.9. The summed E-state index contributed by atoms with van der Waals surface area (Å²) in [5.74, 6) is -2.61. The summed E-state index contributed by atoms with van der Waals surface area (Å²) in [5, 5.41) is 3.86. The molecule has 8 heteroatoms. The summed E-state index contributed by atoms with van der Waals surface area (Å²) in [5.41, 5.74) is 0. The van der Waals surface area contributed by atoms with E-state index >= 15 is 0 Å². The molecule has 1 heterocycles. The molecule has 17 heavy (non-hydrogen) atoms. The largest absolute Gasteiger partial charge is 0.268 e. The standard InChI is InChI=1S/C9H11ClF2N2O2S/c10-17(15,16)8-5-13-14(6-8)7-1-3-9(11,12)4-2-7/h5-7H,1-4H2. The van der Waals surface area contributed by atoms with Gasteiger partial charge in [0.1, 0.15) is 4.90 Å². The summed E-state index contributed by atoms with van der Waals surface area (Å²) in [6, 6.07) is -0.179. The third kappa shape index (κ3) is 2.95. The van der Waals surface area contributed by atoms with Crippen LogP contribution in [0.1, 0.15) is 31.7 Å². The van der Waals surface area contributed by atoms with Gasteiger partial charge in [-0.3, -0.25) is 4.68 Å². The van der Waals surface area contributed by atoms with Gasteiger partial charge in [-0.25, -0.2) is 17.2 Å². The molecule has 96 valence electrons. The Balaban J connectivity index is 2.12. The molecule has 1 fully saturated rings. The summed E-state index contributed by atoms with van der Waals surface area (Å²) in [6.45, 7) is 0. The number of halogens is 3. The predicted octanol–water partition coefficient (Wildman–Crippen LogP) is 2.56. The van der Waals surface area contributed by atoms with Crippen molar-refractivity contribution in [1.29, 1.82) is 0 Å². The Morgan fingerprint density at radius 2 is 2.00 bits per heavy atom. The molecule has 1 aliphatic rings. The van der Waals surface area contributed by atoms with Crippen LogP contribution in [-0.4, -0.2) is 24.1 Å². The van der Waals surface area contributed by atoms with E-state index in [0.717, 1.165) is 6.20 Å². The van der Waals surface area contributed by atoms with Crippen molar-refractivity contribution in [3.8, 4) is 0 Å². The first kappa shape index (κ1) is 12.8. The normalized spacial score (nSPS) is 21.6. The first-order chi connectivity index (χ1) is 7.78. The monoisotopic (exact) mass is 284 g/mol. The Morgan fingerprint density at radius 3 is 2.47 bits per heavy atom. The zero-order valence-corrected chi connectivity index (χ0v) is 10.4. The van der Waals surface area contributed by atoms with Gasteiger partial charge < -0.3 is 0 Å². The average Bonchev–Trinajstić information content (AvgIpc) is 2.66. The van der Waals surface area contributed by atoms with Gasteiger partial charge in [-0.1, -0.05) is 0 Å². The number of alkyl halides is 2. The highest BCUT2D eigenvalue weighted by atomic mass is 35.7. The molecule has 0 aromatic carbocycles. The van der Waals surface area contributed by atoms with Crippen molar-refractivity contribution < 1.29 is 17.2 Å². The van der Waals surface area contributed by atoms with Crippen LogP contribution in [0, 0.1) is 0 Å². The summed E-state index contributed by atoms with van der Waals surface area (Å²) in [6.07, 6.45) is 2.61. The quantitative estimate of drug-likeness (QED) is 0.784. The Hall–Kier alpha value is -0.690. The molecule has 0 spiro atoms. The molecule has 1 aliphatic carbocycles. The van der Waals surface area contributed by atoms with Gasteiger partial charge >= 0.3 is 0 Å². The first-order valence-electron chi connectivity index (χ1n) is 5.15. The topological polar surface area (TPSA) is 52.0 Å². The van der Waals surface area contributed by atoms with Gasteiger partial charge in [0.25, 0.3) is 9.05 Å². The van der Waals surface area contributed by atoms with Crippen molar-refractivity contribution in [3.63, 3.8) is 0 Å². The number of nitrogens with zero attached hydrogens (tertiary/aromatic N) is 2. The molecule has 1 saturated carbocycles. The van der Waals surface area contributed by atoms with Gasteiger partial charge in [-0.05, 0) is 12.8 Å². The van der Waals surface area contributed by atoms with Gasteiger partial charge in [-0.2, -0.15) is 5.10 Å². The molecule has 4 nitrogen and oxygen atoms in total. The lowest BCUT2D eigenvalue weighted by Gasteiger charge is -2.28. The summed E-state index contributed by atoms with van der Waals surface area (Å²) in [7, 11) is 1.35. The molecule has 0 aliphatic heterocycles. The highest BCUT2D eigenvalue weighted by molar-refractivity contribution is 8.13. The zero-order chi connectivity index (χ0) is 12.7. The van der Waals surface area contributed by atoms with E-state index in [9.17, 15) is 17.2 Å². The molecule has 0 unspecified atom stereocenters. The number of hydrogen-bond donors (Lipinski definition) is 0. The Morgan fingerprint density at radius 1 is 1.41 bits per heavy atom. The lowest BCUT2D eigenvalue weighted by Crippen LogP contribution is -2.26. The zero-order valence-electron chi connectivity index (χ0n) is 8.81. The van der Waals surface area contributed by atoms with Gasteiger partial charge in [0.15, 0.2) is 0 Å². The van der Waals surface area contributed by atoms with Crippen LogP contribution in [0.25, 0.3) is 0 Å². The Kier molecular flexibility index (Phi) is 3.15. The highest BCUT2D eigenvalue weighted by Crippen LogP contribution is 2.38. The van der Waals surface area contributed by atoms with Crippen LogP contribution in [0.3, 0.4) is 0 Å². The molecule has 2 rings (SSSR count). The van der Waals surface area contributed by atoms with Crippen LogP contribution < -0.4 is 0 Å².